The zero-order valence-corrected chi connectivity index (χ0v) is 11.3. The van der Waals surface area contributed by atoms with Crippen molar-refractivity contribution in [2.24, 2.45) is 0 Å². The van der Waals surface area contributed by atoms with Gasteiger partial charge in [0.25, 0.3) is 0 Å². The molecule has 6 nitrogen and oxygen atoms in total. The fourth-order valence-corrected chi connectivity index (χ4v) is 1.63. The number of anilines is 1. The van der Waals surface area contributed by atoms with Crippen LogP contribution in [0.2, 0.25) is 0 Å². The molecule has 0 aliphatic carbocycles. The Morgan fingerprint density at radius 2 is 2.26 bits per heavy atom. The number of rotatable bonds is 8. The summed E-state index contributed by atoms with van der Waals surface area (Å²) in [6.45, 7) is 4.41. The Morgan fingerprint density at radius 3 is 2.84 bits per heavy atom. The number of nitro benzene ring substituents is 1. The van der Waals surface area contributed by atoms with Crippen molar-refractivity contribution in [2.45, 2.75) is 32.7 Å². The summed E-state index contributed by atoms with van der Waals surface area (Å²) in [7, 11) is 0. The summed E-state index contributed by atoms with van der Waals surface area (Å²) >= 11 is 0. The molecule has 2 N–H and O–H groups in total. The standard InChI is InChI=1S/C13H20N2O4/c1-3-8-19-13-9-11(14-10(2)6-7-16)4-5-12(13)15(17)18/h4-5,9-10,14,16H,3,6-8H2,1-2H3. The molecule has 0 radical (unpaired) electrons. The first-order valence-corrected chi connectivity index (χ1v) is 6.37. The van der Waals surface area contributed by atoms with E-state index in [4.69, 9.17) is 9.84 Å². The lowest BCUT2D eigenvalue weighted by atomic mass is 10.2. The predicted octanol–water partition coefficient (Wildman–Crippen LogP) is 2.57. The fraction of sp³-hybridized carbons (Fsp3) is 0.538. The van der Waals surface area contributed by atoms with Gasteiger partial charge in [0.2, 0.25) is 0 Å². The normalized spacial score (nSPS) is 11.9. The molecular weight excluding hydrogens is 248 g/mol. The highest BCUT2D eigenvalue weighted by molar-refractivity contribution is 5.58. The van der Waals surface area contributed by atoms with E-state index in [1.807, 2.05) is 13.8 Å². The van der Waals surface area contributed by atoms with Crippen molar-refractivity contribution in [2.75, 3.05) is 18.5 Å². The van der Waals surface area contributed by atoms with Crippen LogP contribution in [0.1, 0.15) is 26.7 Å². The van der Waals surface area contributed by atoms with Crippen LogP contribution in [0.4, 0.5) is 11.4 Å². The minimum atomic E-state index is -0.452. The number of aliphatic hydroxyl groups is 1. The topological polar surface area (TPSA) is 84.6 Å². The van der Waals surface area contributed by atoms with E-state index in [9.17, 15) is 10.1 Å². The maximum Gasteiger partial charge on any atom is 0.311 e. The molecule has 0 aromatic heterocycles. The molecule has 0 fully saturated rings. The van der Waals surface area contributed by atoms with Crippen LogP contribution in [0.15, 0.2) is 18.2 Å². The molecule has 0 saturated heterocycles. The molecule has 0 amide bonds. The number of nitrogens with zero attached hydrogens (tertiary/aromatic N) is 1. The lowest BCUT2D eigenvalue weighted by Gasteiger charge is -2.15. The van der Waals surface area contributed by atoms with E-state index in [2.05, 4.69) is 5.32 Å². The SMILES string of the molecule is CCCOc1cc(NC(C)CCO)ccc1[N+](=O)[O-]. The Hall–Kier alpha value is -1.82. The number of aliphatic hydroxyl groups excluding tert-OH is 1. The van der Waals surface area contributed by atoms with Crippen molar-refractivity contribution in [1.82, 2.24) is 0 Å². The third kappa shape index (κ3) is 4.75. The van der Waals surface area contributed by atoms with Crippen molar-refractivity contribution in [3.63, 3.8) is 0 Å². The first-order chi connectivity index (χ1) is 9.08. The predicted molar refractivity (Wildman–Crippen MR) is 73.7 cm³/mol. The van der Waals surface area contributed by atoms with Crippen molar-refractivity contribution in [3.05, 3.63) is 28.3 Å². The van der Waals surface area contributed by atoms with Crippen LogP contribution in [0.3, 0.4) is 0 Å². The van der Waals surface area contributed by atoms with Gasteiger partial charge in [0.15, 0.2) is 5.75 Å². The first-order valence-electron chi connectivity index (χ1n) is 6.37. The Kier molecular flexibility index (Phi) is 6.08. The molecule has 0 aliphatic heterocycles. The van der Waals surface area contributed by atoms with Gasteiger partial charge < -0.3 is 15.2 Å². The highest BCUT2D eigenvalue weighted by atomic mass is 16.6. The third-order valence-corrected chi connectivity index (χ3v) is 2.59. The van der Waals surface area contributed by atoms with Gasteiger partial charge in [0.05, 0.1) is 11.5 Å². The molecular formula is C13H20N2O4. The van der Waals surface area contributed by atoms with Crippen LogP contribution in [-0.2, 0) is 0 Å². The molecule has 0 spiro atoms. The van der Waals surface area contributed by atoms with E-state index in [-0.39, 0.29) is 24.1 Å². The van der Waals surface area contributed by atoms with Gasteiger partial charge in [-0.05, 0) is 25.8 Å². The first kappa shape index (κ1) is 15.2. The molecule has 1 aromatic carbocycles. The lowest BCUT2D eigenvalue weighted by molar-refractivity contribution is -0.385. The summed E-state index contributed by atoms with van der Waals surface area (Å²) in [6.07, 6.45) is 1.40. The lowest BCUT2D eigenvalue weighted by Crippen LogP contribution is -2.16. The summed E-state index contributed by atoms with van der Waals surface area (Å²) in [5.74, 6) is 0.271. The van der Waals surface area contributed by atoms with Crippen molar-refractivity contribution < 1.29 is 14.8 Å². The number of nitro groups is 1. The average molecular weight is 268 g/mol. The Balaban J connectivity index is 2.87. The van der Waals surface area contributed by atoms with Gasteiger partial charge in [0, 0.05) is 30.5 Å². The maximum absolute atomic E-state index is 10.9. The molecule has 1 unspecified atom stereocenters. The average Bonchev–Trinajstić information content (AvgIpc) is 2.36. The number of benzene rings is 1. The molecule has 1 rings (SSSR count). The molecule has 19 heavy (non-hydrogen) atoms. The fourth-order valence-electron chi connectivity index (χ4n) is 1.63. The van der Waals surface area contributed by atoms with Crippen LogP contribution in [0.25, 0.3) is 0 Å². The maximum atomic E-state index is 10.9. The number of nitrogens with one attached hydrogen (secondary N) is 1. The zero-order valence-electron chi connectivity index (χ0n) is 11.3. The Labute approximate surface area is 112 Å². The summed E-state index contributed by atoms with van der Waals surface area (Å²) in [5.41, 5.74) is 0.714. The van der Waals surface area contributed by atoms with E-state index < -0.39 is 4.92 Å². The summed E-state index contributed by atoms with van der Waals surface area (Å²) in [6, 6.07) is 4.79. The highest BCUT2D eigenvalue weighted by Gasteiger charge is 2.16. The van der Waals surface area contributed by atoms with E-state index in [0.717, 1.165) is 12.1 Å². The number of ether oxygens (including phenoxy) is 1. The van der Waals surface area contributed by atoms with Gasteiger partial charge in [-0.1, -0.05) is 6.92 Å². The minimum Gasteiger partial charge on any atom is -0.487 e. The van der Waals surface area contributed by atoms with Gasteiger partial charge in [-0.25, -0.2) is 0 Å². The Morgan fingerprint density at radius 1 is 1.53 bits per heavy atom. The van der Waals surface area contributed by atoms with Crippen LogP contribution in [0, 0.1) is 10.1 Å². The van der Waals surface area contributed by atoms with Crippen LogP contribution < -0.4 is 10.1 Å². The highest BCUT2D eigenvalue weighted by Crippen LogP contribution is 2.30. The van der Waals surface area contributed by atoms with E-state index >= 15 is 0 Å². The van der Waals surface area contributed by atoms with E-state index in [1.165, 1.54) is 6.07 Å². The third-order valence-electron chi connectivity index (χ3n) is 2.59. The molecule has 6 heteroatoms. The monoisotopic (exact) mass is 268 g/mol. The molecule has 0 heterocycles. The van der Waals surface area contributed by atoms with Gasteiger partial charge in [-0.3, -0.25) is 10.1 Å². The zero-order chi connectivity index (χ0) is 14.3. The summed E-state index contributed by atoms with van der Waals surface area (Å²) in [4.78, 5) is 10.4. The second kappa shape index (κ2) is 7.58. The summed E-state index contributed by atoms with van der Waals surface area (Å²) < 4.78 is 5.40. The second-order valence-corrected chi connectivity index (χ2v) is 4.35. The van der Waals surface area contributed by atoms with Gasteiger partial charge in [0.1, 0.15) is 0 Å². The molecule has 0 bridgehead atoms. The second-order valence-electron chi connectivity index (χ2n) is 4.35. The number of hydrogen-bond acceptors (Lipinski definition) is 5. The van der Waals surface area contributed by atoms with Gasteiger partial charge in [-0.15, -0.1) is 0 Å². The smallest absolute Gasteiger partial charge is 0.311 e. The molecule has 106 valence electrons. The molecule has 1 aromatic rings. The van der Waals surface area contributed by atoms with E-state index in [1.54, 1.807) is 12.1 Å². The van der Waals surface area contributed by atoms with Gasteiger partial charge >= 0.3 is 5.69 Å². The largest absolute Gasteiger partial charge is 0.487 e. The molecule has 1 atom stereocenters. The van der Waals surface area contributed by atoms with Crippen molar-refractivity contribution in [1.29, 1.82) is 0 Å². The Bertz CT molecular complexity index is 423. The van der Waals surface area contributed by atoms with Crippen LogP contribution in [-0.4, -0.2) is 29.3 Å². The van der Waals surface area contributed by atoms with Crippen molar-refractivity contribution in [3.8, 4) is 5.75 Å². The summed E-state index contributed by atoms with van der Waals surface area (Å²) in [5, 5.41) is 22.9. The molecule has 0 saturated carbocycles. The van der Waals surface area contributed by atoms with Crippen LogP contribution >= 0.6 is 0 Å². The number of hydrogen-bond donors (Lipinski definition) is 2. The minimum absolute atomic E-state index is 0.0335. The molecule has 0 aliphatic rings. The van der Waals surface area contributed by atoms with Crippen LogP contribution in [0.5, 0.6) is 5.75 Å². The van der Waals surface area contributed by atoms with Gasteiger partial charge in [-0.2, -0.15) is 0 Å². The van der Waals surface area contributed by atoms with E-state index in [0.29, 0.717) is 13.0 Å². The van der Waals surface area contributed by atoms with Crippen molar-refractivity contribution >= 4 is 11.4 Å². The quantitative estimate of drug-likeness (QED) is 0.559.